The molecule has 8 atom stereocenters. The molecule has 2 spiro atoms. The highest BCUT2D eigenvalue weighted by molar-refractivity contribution is 8.76. The summed E-state index contributed by atoms with van der Waals surface area (Å²) in [5, 5.41) is 22.2. The third-order valence-corrected chi connectivity index (χ3v) is 16.2. The number of phenols is 1. The van der Waals surface area contributed by atoms with Crippen LogP contribution in [0.2, 0.25) is 0 Å². The molecule has 2 N–H and O–H groups in total. The fourth-order valence-electron chi connectivity index (χ4n) is 11.3. The molecule has 8 unspecified atom stereocenters. The van der Waals surface area contributed by atoms with E-state index in [0.717, 1.165) is 48.7 Å². The van der Waals surface area contributed by atoms with Crippen molar-refractivity contribution in [3.05, 3.63) is 76.9 Å². The van der Waals surface area contributed by atoms with Gasteiger partial charge in [0.15, 0.2) is 0 Å². The van der Waals surface area contributed by atoms with Crippen molar-refractivity contribution >= 4 is 21.6 Å². The van der Waals surface area contributed by atoms with Crippen molar-refractivity contribution in [2.75, 3.05) is 11.5 Å². The number of benzene rings is 2. The third-order valence-electron chi connectivity index (χ3n) is 13.5. The zero-order valence-electron chi connectivity index (χ0n) is 28.5. The van der Waals surface area contributed by atoms with Gasteiger partial charge < -0.3 is 10.2 Å². The molecule has 5 aliphatic rings. The van der Waals surface area contributed by atoms with Crippen molar-refractivity contribution in [1.82, 2.24) is 0 Å². The third kappa shape index (κ3) is 6.75. The van der Waals surface area contributed by atoms with Crippen LogP contribution in [-0.4, -0.2) is 27.8 Å². The molecule has 4 heteroatoms. The summed E-state index contributed by atoms with van der Waals surface area (Å²) >= 11 is 0. The zero-order valence-corrected chi connectivity index (χ0v) is 30.1. The summed E-state index contributed by atoms with van der Waals surface area (Å²) in [6.45, 7) is 4.49. The first-order valence-corrected chi connectivity index (χ1v) is 21.3. The number of hydrogen-bond donors (Lipinski definition) is 2. The molecule has 1 heterocycles. The van der Waals surface area contributed by atoms with E-state index in [0.29, 0.717) is 23.0 Å². The normalized spacial score (nSPS) is 35.5. The number of fused-ring (bicyclic) bond motifs is 10. The van der Waals surface area contributed by atoms with Crippen LogP contribution < -0.4 is 0 Å². The summed E-state index contributed by atoms with van der Waals surface area (Å²) in [6.07, 6.45) is 24.0. The Balaban J connectivity index is 1.32. The number of rotatable bonds is 1. The van der Waals surface area contributed by atoms with Crippen LogP contribution in [0.1, 0.15) is 120 Å². The Morgan fingerprint density at radius 1 is 0.870 bits per heavy atom. The van der Waals surface area contributed by atoms with E-state index in [-0.39, 0.29) is 11.5 Å². The second kappa shape index (κ2) is 14.2. The van der Waals surface area contributed by atoms with Crippen LogP contribution in [0, 0.1) is 40.9 Å². The van der Waals surface area contributed by atoms with Gasteiger partial charge in [-0.1, -0.05) is 96.7 Å². The molecular formula is C42H58O2S2. The van der Waals surface area contributed by atoms with Gasteiger partial charge in [-0.3, -0.25) is 0 Å². The minimum absolute atomic E-state index is 0.165. The number of phenolic OH excluding ortho intramolecular Hbond substituents is 1. The molecule has 4 bridgehead atoms. The van der Waals surface area contributed by atoms with Gasteiger partial charge in [0.05, 0.1) is 6.10 Å². The standard InChI is InChI=1S/C42H58O2S2/c1-29-10-8-16-41(26-29)17-9-13-38-39(41)23-32-24-40(38)42(18-6-3-7-19-42)36-21-31(22-37(44)25-36)20-34-12-5-4-11-33(34)14-15-35(30(2)43)28-46-45-27-32/h4-5,8,11-12,16,21-22,25,29-30,32,35,38-40,43-44H,3,6-7,9-10,13-15,17-20,23-24,26-28H2,1-2H3. The van der Waals surface area contributed by atoms with Crippen LogP contribution in [0.25, 0.3) is 0 Å². The number of aliphatic hydroxyl groups excluding tert-OH is 1. The second-order valence-corrected chi connectivity index (χ2v) is 19.0. The molecule has 0 radical (unpaired) electrons. The first-order valence-electron chi connectivity index (χ1n) is 18.9. The molecular weight excluding hydrogens is 601 g/mol. The largest absolute Gasteiger partial charge is 0.508 e. The van der Waals surface area contributed by atoms with Crippen LogP contribution >= 0.6 is 21.6 Å². The van der Waals surface area contributed by atoms with Crippen molar-refractivity contribution in [1.29, 1.82) is 0 Å². The van der Waals surface area contributed by atoms with Crippen molar-refractivity contribution in [3.8, 4) is 5.75 Å². The fourth-order valence-corrected chi connectivity index (χ4v) is 14.3. The van der Waals surface area contributed by atoms with Crippen LogP contribution in [0.3, 0.4) is 0 Å². The minimum atomic E-state index is -0.288. The molecule has 2 aromatic carbocycles. The van der Waals surface area contributed by atoms with E-state index in [2.05, 4.69) is 66.3 Å². The van der Waals surface area contributed by atoms with Gasteiger partial charge in [0.2, 0.25) is 0 Å². The molecule has 0 saturated heterocycles. The molecule has 3 saturated carbocycles. The Kier molecular flexibility index (Phi) is 10.3. The van der Waals surface area contributed by atoms with Gasteiger partial charge in [-0.25, -0.2) is 0 Å². The lowest BCUT2D eigenvalue weighted by Crippen LogP contribution is -2.53. The van der Waals surface area contributed by atoms with Gasteiger partial charge in [0.1, 0.15) is 5.75 Å². The van der Waals surface area contributed by atoms with Crippen LogP contribution in [0.5, 0.6) is 5.75 Å². The zero-order chi connectivity index (χ0) is 31.7. The van der Waals surface area contributed by atoms with Gasteiger partial charge in [0, 0.05) is 11.5 Å². The maximum absolute atomic E-state index is 11.4. The highest BCUT2D eigenvalue weighted by atomic mass is 33.1. The van der Waals surface area contributed by atoms with Crippen molar-refractivity contribution in [3.63, 3.8) is 0 Å². The fraction of sp³-hybridized carbons (Fsp3) is 0.667. The lowest BCUT2D eigenvalue weighted by atomic mass is 9.45. The summed E-state index contributed by atoms with van der Waals surface area (Å²) in [4.78, 5) is 0. The molecule has 0 amide bonds. The molecule has 4 aliphatic carbocycles. The number of aromatic hydroxyl groups is 1. The smallest absolute Gasteiger partial charge is 0.116 e. The molecule has 0 aromatic heterocycles. The molecule has 250 valence electrons. The van der Waals surface area contributed by atoms with Crippen molar-refractivity contribution < 1.29 is 10.2 Å². The van der Waals surface area contributed by atoms with Gasteiger partial charge in [-0.05, 0) is 158 Å². The lowest BCUT2D eigenvalue weighted by molar-refractivity contribution is -0.0561. The van der Waals surface area contributed by atoms with Crippen molar-refractivity contribution in [2.24, 2.45) is 40.9 Å². The van der Waals surface area contributed by atoms with Gasteiger partial charge in [-0.2, -0.15) is 0 Å². The maximum Gasteiger partial charge on any atom is 0.116 e. The van der Waals surface area contributed by atoms with Gasteiger partial charge in [-0.15, -0.1) is 0 Å². The summed E-state index contributed by atoms with van der Waals surface area (Å²) < 4.78 is 0. The van der Waals surface area contributed by atoms with Crippen LogP contribution in [0.15, 0.2) is 54.6 Å². The van der Waals surface area contributed by atoms with Crippen molar-refractivity contribution in [2.45, 2.75) is 122 Å². The van der Waals surface area contributed by atoms with E-state index in [1.54, 1.807) is 0 Å². The van der Waals surface area contributed by atoms with Gasteiger partial charge in [0.25, 0.3) is 0 Å². The predicted molar refractivity (Wildman–Crippen MR) is 198 cm³/mol. The monoisotopic (exact) mass is 658 g/mol. The quantitative estimate of drug-likeness (QED) is 0.236. The Morgan fingerprint density at radius 2 is 1.65 bits per heavy atom. The van der Waals surface area contributed by atoms with Gasteiger partial charge >= 0.3 is 0 Å². The molecule has 3 fully saturated rings. The SMILES string of the molecule is CC1CC=CC2(CCCC3C2CC2CSSCC(C(C)O)CCc4ccccc4Cc4cc(O)cc(c4)C4(CCCCC4)C3C2)C1. The summed E-state index contributed by atoms with van der Waals surface area (Å²) in [6, 6.07) is 15.7. The molecule has 1 aliphatic heterocycles. The average molecular weight is 659 g/mol. The Hall–Kier alpha value is -1.36. The molecule has 7 rings (SSSR count). The molecule has 46 heavy (non-hydrogen) atoms. The van der Waals surface area contributed by atoms with E-state index in [1.165, 1.54) is 105 Å². The van der Waals surface area contributed by atoms with E-state index in [9.17, 15) is 10.2 Å². The summed E-state index contributed by atoms with van der Waals surface area (Å²) in [7, 11) is 4.14. The summed E-state index contributed by atoms with van der Waals surface area (Å²) in [5.74, 6) is 6.80. The summed E-state index contributed by atoms with van der Waals surface area (Å²) in [5.41, 5.74) is 6.04. The van der Waals surface area contributed by atoms with E-state index < -0.39 is 0 Å². The lowest BCUT2D eigenvalue weighted by Gasteiger charge is -2.60. The number of allylic oxidation sites excluding steroid dienone is 2. The topological polar surface area (TPSA) is 40.5 Å². The van der Waals surface area contributed by atoms with Crippen LogP contribution in [-0.2, 0) is 18.3 Å². The number of aliphatic hydroxyl groups is 1. The first kappa shape index (κ1) is 33.2. The van der Waals surface area contributed by atoms with E-state index in [1.807, 2.05) is 23.8 Å². The minimum Gasteiger partial charge on any atom is -0.508 e. The molecule has 2 nitrogen and oxygen atoms in total. The van der Waals surface area contributed by atoms with E-state index in [4.69, 9.17) is 0 Å². The first-order chi connectivity index (χ1) is 22.3. The number of aryl methyl sites for hydroxylation is 1. The second-order valence-electron chi connectivity index (χ2n) is 16.4. The van der Waals surface area contributed by atoms with E-state index >= 15 is 0 Å². The highest BCUT2D eigenvalue weighted by Crippen LogP contribution is 2.64. The maximum atomic E-state index is 11.4. The Bertz CT molecular complexity index is 1360. The molecule has 2 aromatic rings. The average Bonchev–Trinajstić information content (AvgIpc) is 3.04. The number of hydrogen-bond acceptors (Lipinski definition) is 4. The Labute approximate surface area is 287 Å². The highest BCUT2D eigenvalue weighted by Gasteiger charge is 2.56. The predicted octanol–water partition coefficient (Wildman–Crippen LogP) is 10.9. The van der Waals surface area contributed by atoms with Crippen LogP contribution in [0.4, 0.5) is 0 Å². The Morgan fingerprint density at radius 3 is 2.46 bits per heavy atom.